The maximum Gasteiger partial charge on any atom is 0.191 e. The van der Waals surface area contributed by atoms with Gasteiger partial charge in [0.15, 0.2) is 17.6 Å². The molecule has 0 amide bonds. The average Bonchev–Trinajstić information content (AvgIpc) is 3.12. The van der Waals surface area contributed by atoms with E-state index in [9.17, 15) is 8.78 Å². The SMILES string of the molecule is CCNC(=NCCc1cccc(F)c1F)NC1CCCN(c2cnn(C)c2)C1.I. The minimum atomic E-state index is -0.816. The Bertz CT molecular complexity index is 810. The Kier molecular flexibility index (Phi) is 9.12. The number of benzene rings is 1. The summed E-state index contributed by atoms with van der Waals surface area (Å²) in [5.41, 5.74) is 1.47. The van der Waals surface area contributed by atoms with E-state index in [2.05, 4.69) is 25.6 Å². The molecule has 2 N–H and O–H groups in total. The summed E-state index contributed by atoms with van der Waals surface area (Å²) in [6.45, 7) is 5.01. The number of aliphatic imine (C=N–C) groups is 1. The fraction of sp³-hybridized carbons (Fsp3) is 0.500. The number of piperidine rings is 1. The Morgan fingerprint density at radius 1 is 1.34 bits per heavy atom. The Morgan fingerprint density at radius 2 is 2.17 bits per heavy atom. The number of anilines is 1. The van der Waals surface area contributed by atoms with Crippen LogP contribution in [0.25, 0.3) is 0 Å². The van der Waals surface area contributed by atoms with Gasteiger partial charge in [0.05, 0.1) is 11.9 Å². The normalized spacial score (nSPS) is 17.0. The zero-order valence-corrected chi connectivity index (χ0v) is 19.2. The van der Waals surface area contributed by atoms with Gasteiger partial charge in [0.1, 0.15) is 0 Å². The molecule has 6 nitrogen and oxygen atoms in total. The molecule has 2 aromatic rings. The summed E-state index contributed by atoms with van der Waals surface area (Å²) in [7, 11) is 1.92. The topological polar surface area (TPSA) is 57.5 Å². The molecule has 0 bridgehead atoms. The number of nitrogens with one attached hydrogen (secondary N) is 2. The third kappa shape index (κ3) is 6.55. The summed E-state index contributed by atoms with van der Waals surface area (Å²) in [4.78, 5) is 6.87. The number of aryl methyl sites for hydroxylation is 1. The Morgan fingerprint density at radius 3 is 2.90 bits per heavy atom. The van der Waals surface area contributed by atoms with Crippen LogP contribution in [0.1, 0.15) is 25.3 Å². The van der Waals surface area contributed by atoms with Gasteiger partial charge in [-0.2, -0.15) is 5.10 Å². The van der Waals surface area contributed by atoms with Gasteiger partial charge in [-0.05, 0) is 37.8 Å². The molecule has 160 valence electrons. The molecule has 3 rings (SSSR count). The predicted octanol–water partition coefficient (Wildman–Crippen LogP) is 3.08. The molecule has 0 radical (unpaired) electrons. The van der Waals surface area contributed by atoms with Gasteiger partial charge in [0, 0.05) is 45.5 Å². The van der Waals surface area contributed by atoms with E-state index in [0.717, 1.165) is 44.2 Å². The summed E-state index contributed by atoms with van der Waals surface area (Å²) in [5, 5.41) is 11.0. The van der Waals surface area contributed by atoms with Crippen LogP contribution < -0.4 is 15.5 Å². The lowest BCUT2D eigenvalue weighted by Crippen LogP contribution is -2.51. The lowest BCUT2D eigenvalue weighted by Gasteiger charge is -2.34. The lowest BCUT2D eigenvalue weighted by molar-refractivity contribution is 0.468. The van der Waals surface area contributed by atoms with Crippen LogP contribution in [0.15, 0.2) is 35.6 Å². The minimum absolute atomic E-state index is 0. The number of nitrogens with zero attached hydrogens (tertiary/aromatic N) is 4. The first-order valence-electron chi connectivity index (χ1n) is 9.78. The maximum atomic E-state index is 13.8. The Hall–Kier alpha value is -1.91. The summed E-state index contributed by atoms with van der Waals surface area (Å²) < 4.78 is 28.9. The molecule has 1 aliphatic heterocycles. The molecule has 1 unspecified atom stereocenters. The molecule has 0 saturated carbocycles. The maximum absolute atomic E-state index is 13.8. The summed E-state index contributed by atoms with van der Waals surface area (Å²) in [5.74, 6) is -0.892. The molecular formula is C20H29F2IN6. The van der Waals surface area contributed by atoms with E-state index in [-0.39, 0.29) is 30.0 Å². The number of guanidine groups is 1. The number of hydrogen-bond donors (Lipinski definition) is 2. The van der Waals surface area contributed by atoms with Crippen molar-refractivity contribution in [3.63, 3.8) is 0 Å². The highest BCUT2D eigenvalue weighted by atomic mass is 127. The zero-order valence-electron chi connectivity index (χ0n) is 16.9. The highest BCUT2D eigenvalue weighted by molar-refractivity contribution is 14.0. The van der Waals surface area contributed by atoms with Crippen molar-refractivity contribution in [2.45, 2.75) is 32.2 Å². The molecule has 1 saturated heterocycles. The summed E-state index contributed by atoms with van der Waals surface area (Å²) >= 11 is 0. The van der Waals surface area contributed by atoms with Gasteiger partial charge in [-0.1, -0.05) is 12.1 Å². The molecule has 1 aromatic carbocycles. The van der Waals surface area contributed by atoms with Crippen LogP contribution in [0, 0.1) is 11.6 Å². The zero-order chi connectivity index (χ0) is 19.9. The predicted molar refractivity (Wildman–Crippen MR) is 123 cm³/mol. The van der Waals surface area contributed by atoms with E-state index >= 15 is 0 Å². The van der Waals surface area contributed by atoms with Gasteiger partial charge < -0.3 is 15.5 Å². The van der Waals surface area contributed by atoms with Gasteiger partial charge in [0.25, 0.3) is 0 Å². The smallest absolute Gasteiger partial charge is 0.191 e. The van der Waals surface area contributed by atoms with Gasteiger partial charge in [0.2, 0.25) is 0 Å². The monoisotopic (exact) mass is 518 g/mol. The van der Waals surface area contributed by atoms with Crippen LogP contribution in [0.5, 0.6) is 0 Å². The first-order valence-corrected chi connectivity index (χ1v) is 9.78. The average molecular weight is 518 g/mol. The standard InChI is InChI=1S/C20H28F2N6.HI/c1-3-23-20(24-10-9-15-6-4-8-18(21)19(15)22)26-16-7-5-11-28(13-16)17-12-25-27(2)14-17;/h4,6,8,12,14,16H,3,5,7,9-11,13H2,1-2H3,(H2,23,24,26);1H. The van der Waals surface area contributed by atoms with Gasteiger partial charge in [-0.25, -0.2) is 8.78 Å². The van der Waals surface area contributed by atoms with Crippen molar-refractivity contribution in [3.05, 3.63) is 47.8 Å². The second-order valence-corrected chi connectivity index (χ2v) is 7.03. The van der Waals surface area contributed by atoms with Crippen molar-refractivity contribution in [2.24, 2.45) is 12.0 Å². The highest BCUT2D eigenvalue weighted by Gasteiger charge is 2.21. The molecule has 29 heavy (non-hydrogen) atoms. The van der Waals surface area contributed by atoms with E-state index in [1.165, 1.54) is 6.07 Å². The van der Waals surface area contributed by atoms with Crippen molar-refractivity contribution >= 4 is 35.6 Å². The molecule has 2 heterocycles. The second kappa shape index (κ2) is 11.3. The summed E-state index contributed by atoms with van der Waals surface area (Å²) in [6.07, 6.45) is 6.40. The minimum Gasteiger partial charge on any atom is -0.367 e. The molecule has 0 spiro atoms. The Labute approximate surface area is 187 Å². The van der Waals surface area contributed by atoms with Crippen LogP contribution in [0.4, 0.5) is 14.5 Å². The second-order valence-electron chi connectivity index (χ2n) is 7.03. The number of rotatable bonds is 6. The molecule has 1 aromatic heterocycles. The molecule has 1 atom stereocenters. The van der Waals surface area contributed by atoms with Crippen molar-refractivity contribution in [1.82, 2.24) is 20.4 Å². The fourth-order valence-electron chi connectivity index (χ4n) is 3.44. The quantitative estimate of drug-likeness (QED) is 0.351. The van der Waals surface area contributed by atoms with Crippen molar-refractivity contribution in [3.8, 4) is 0 Å². The van der Waals surface area contributed by atoms with Crippen LogP contribution in [-0.2, 0) is 13.5 Å². The van der Waals surface area contributed by atoms with Gasteiger partial charge in [-0.15, -0.1) is 24.0 Å². The van der Waals surface area contributed by atoms with Gasteiger partial charge in [-0.3, -0.25) is 9.67 Å². The molecular weight excluding hydrogens is 489 g/mol. The van der Waals surface area contributed by atoms with E-state index in [1.54, 1.807) is 6.07 Å². The van der Waals surface area contributed by atoms with E-state index in [0.29, 0.717) is 24.5 Å². The third-order valence-corrected chi connectivity index (χ3v) is 4.85. The lowest BCUT2D eigenvalue weighted by atomic mass is 10.1. The third-order valence-electron chi connectivity index (χ3n) is 4.85. The van der Waals surface area contributed by atoms with E-state index in [4.69, 9.17) is 0 Å². The van der Waals surface area contributed by atoms with E-state index < -0.39 is 11.6 Å². The van der Waals surface area contributed by atoms with Crippen molar-refractivity contribution in [1.29, 1.82) is 0 Å². The van der Waals surface area contributed by atoms with Crippen molar-refractivity contribution < 1.29 is 8.78 Å². The Balaban J connectivity index is 0.00000300. The van der Waals surface area contributed by atoms with Crippen LogP contribution >= 0.6 is 24.0 Å². The summed E-state index contributed by atoms with van der Waals surface area (Å²) in [6, 6.07) is 4.51. The first kappa shape index (κ1) is 23.4. The number of halogens is 3. The van der Waals surface area contributed by atoms with Gasteiger partial charge >= 0.3 is 0 Å². The van der Waals surface area contributed by atoms with Crippen LogP contribution in [0.3, 0.4) is 0 Å². The largest absolute Gasteiger partial charge is 0.367 e. The number of aromatic nitrogens is 2. The highest BCUT2D eigenvalue weighted by Crippen LogP contribution is 2.19. The van der Waals surface area contributed by atoms with Crippen molar-refractivity contribution in [2.75, 3.05) is 31.1 Å². The van der Waals surface area contributed by atoms with Crippen LogP contribution in [0.2, 0.25) is 0 Å². The molecule has 1 fully saturated rings. The molecule has 1 aliphatic rings. The molecule has 9 heteroatoms. The van der Waals surface area contributed by atoms with E-state index in [1.807, 2.05) is 31.0 Å². The van der Waals surface area contributed by atoms with Crippen LogP contribution in [-0.4, -0.2) is 48.0 Å². The number of hydrogen-bond acceptors (Lipinski definition) is 3. The fourth-order valence-corrected chi connectivity index (χ4v) is 3.44. The molecule has 0 aliphatic carbocycles. The first-order chi connectivity index (χ1) is 13.6.